The maximum Gasteiger partial charge on any atom is 0.341 e. The molecular weight excluding hydrogens is 348 g/mol. The minimum Gasteiger partial charge on any atom is -0.496 e. The summed E-state index contributed by atoms with van der Waals surface area (Å²) in [4.78, 5) is 20.8. The highest BCUT2D eigenvalue weighted by Crippen LogP contribution is 2.40. The molecule has 2 aromatic rings. The lowest BCUT2D eigenvalue weighted by Gasteiger charge is -2.13. The van der Waals surface area contributed by atoms with E-state index in [1.54, 1.807) is 18.2 Å². The molecule has 3 rings (SSSR count). The summed E-state index contributed by atoms with van der Waals surface area (Å²) in [7, 11) is 2.84. The molecule has 1 aromatic carbocycles. The number of rotatable bonds is 9. The fourth-order valence-electron chi connectivity index (χ4n) is 2.67. The van der Waals surface area contributed by atoms with E-state index < -0.39 is 5.97 Å². The first-order chi connectivity index (χ1) is 13.1. The Hall–Kier alpha value is -2.87. The maximum atomic E-state index is 11.8. The Balaban J connectivity index is 1.82. The number of carbonyl (C=O) groups excluding carboxylic acids is 1. The van der Waals surface area contributed by atoms with Gasteiger partial charge in [-0.2, -0.15) is 4.98 Å². The third-order valence-corrected chi connectivity index (χ3v) is 4.24. The van der Waals surface area contributed by atoms with Crippen molar-refractivity contribution >= 4 is 23.4 Å². The fourth-order valence-corrected chi connectivity index (χ4v) is 2.67. The average Bonchev–Trinajstić information content (AvgIpc) is 3.52. The molecule has 3 N–H and O–H groups in total. The Kier molecular flexibility index (Phi) is 6.08. The Morgan fingerprint density at radius 2 is 2.07 bits per heavy atom. The highest BCUT2D eigenvalue weighted by molar-refractivity contribution is 5.93. The molecule has 27 heavy (non-hydrogen) atoms. The molecule has 0 aliphatic heterocycles. The van der Waals surface area contributed by atoms with Gasteiger partial charge >= 0.3 is 5.97 Å². The summed E-state index contributed by atoms with van der Waals surface area (Å²) in [5, 5.41) is 15.3. The van der Waals surface area contributed by atoms with Gasteiger partial charge in [-0.05, 0) is 31.4 Å². The molecule has 0 amide bonds. The Morgan fingerprint density at radius 3 is 2.74 bits per heavy atom. The predicted molar refractivity (Wildman–Crippen MR) is 102 cm³/mol. The smallest absolute Gasteiger partial charge is 0.341 e. The van der Waals surface area contributed by atoms with E-state index in [9.17, 15) is 4.79 Å². The number of nitrogens with zero attached hydrogens (tertiary/aromatic N) is 2. The van der Waals surface area contributed by atoms with Crippen molar-refractivity contribution < 1.29 is 19.4 Å². The number of ether oxygens (including phenoxy) is 2. The van der Waals surface area contributed by atoms with Gasteiger partial charge in [0.05, 0.1) is 19.9 Å². The first-order valence-corrected chi connectivity index (χ1v) is 8.91. The molecule has 0 radical (unpaired) electrons. The average molecular weight is 372 g/mol. The lowest BCUT2D eigenvalue weighted by molar-refractivity contribution is 0.0597. The molecule has 144 valence electrons. The van der Waals surface area contributed by atoms with Gasteiger partial charge in [0.2, 0.25) is 5.95 Å². The first-order valence-electron chi connectivity index (χ1n) is 8.91. The first kappa shape index (κ1) is 18.9. The van der Waals surface area contributed by atoms with E-state index in [-0.39, 0.29) is 6.61 Å². The minimum atomic E-state index is -0.452. The van der Waals surface area contributed by atoms with Crippen LogP contribution in [0.5, 0.6) is 5.75 Å². The minimum absolute atomic E-state index is 0.118. The number of aliphatic hydroxyl groups is 1. The van der Waals surface area contributed by atoms with Crippen molar-refractivity contribution in [2.24, 2.45) is 0 Å². The van der Waals surface area contributed by atoms with Crippen LogP contribution in [0, 0.1) is 0 Å². The Bertz CT molecular complexity index is 808. The van der Waals surface area contributed by atoms with Gasteiger partial charge in [-0.15, -0.1) is 0 Å². The molecule has 0 bridgehead atoms. The van der Waals surface area contributed by atoms with Crippen LogP contribution < -0.4 is 15.4 Å². The normalized spacial score (nSPS) is 13.1. The van der Waals surface area contributed by atoms with Gasteiger partial charge in [0.15, 0.2) is 0 Å². The van der Waals surface area contributed by atoms with Gasteiger partial charge in [0, 0.05) is 36.9 Å². The zero-order valence-electron chi connectivity index (χ0n) is 15.5. The summed E-state index contributed by atoms with van der Waals surface area (Å²) in [5.41, 5.74) is 2.09. The number of methoxy groups -OCH3 is 2. The number of carbonyl (C=O) groups is 1. The van der Waals surface area contributed by atoms with E-state index >= 15 is 0 Å². The van der Waals surface area contributed by atoms with Crippen LogP contribution in [0.1, 0.15) is 41.2 Å². The Labute approximate surface area is 157 Å². The number of aliphatic hydroxyl groups excluding tert-OH is 1. The molecule has 1 aromatic heterocycles. The second-order valence-corrected chi connectivity index (χ2v) is 6.31. The topological polar surface area (TPSA) is 106 Å². The zero-order valence-corrected chi connectivity index (χ0v) is 15.5. The lowest BCUT2D eigenvalue weighted by atomic mass is 10.1. The van der Waals surface area contributed by atoms with Crippen LogP contribution in [0.4, 0.5) is 17.5 Å². The molecule has 0 saturated heterocycles. The Morgan fingerprint density at radius 1 is 1.26 bits per heavy atom. The van der Waals surface area contributed by atoms with Crippen molar-refractivity contribution in [1.82, 2.24) is 9.97 Å². The number of nitrogens with one attached hydrogen (secondary N) is 2. The third kappa shape index (κ3) is 4.85. The van der Waals surface area contributed by atoms with Crippen LogP contribution in [0.25, 0.3) is 0 Å². The van der Waals surface area contributed by atoms with Gasteiger partial charge in [-0.25, -0.2) is 9.78 Å². The van der Waals surface area contributed by atoms with Crippen LogP contribution in [0.2, 0.25) is 0 Å². The van der Waals surface area contributed by atoms with Crippen LogP contribution in [-0.2, 0) is 4.74 Å². The largest absolute Gasteiger partial charge is 0.496 e. The second-order valence-electron chi connectivity index (χ2n) is 6.31. The monoisotopic (exact) mass is 372 g/mol. The number of anilines is 3. The van der Waals surface area contributed by atoms with E-state index in [1.165, 1.54) is 14.2 Å². The van der Waals surface area contributed by atoms with E-state index in [0.717, 1.165) is 24.2 Å². The van der Waals surface area contributed by atoms with Gasteiger partial charge in [-0.1, -0.05) is 0 Å². The van der Waals surface area contributed by atoms with E-state index in [0.29, 0.717) is 42.0 Å². The molecule has 8 nitrogen and oxygen atoms in total. The lowest BCUT2D eigenvalue weighted by Crippen LogP contribution is -2.09. The molecule has 1 heterocycles. The number of esters is 1. The van der Waals surface area contributed by atoms with Crippen molar-refractivity contribution in [2.75, 3.05) is 38.0 Å². The third-order valence-electron chi connectivity index (χ3n) is 4.24. The standard InChI is InChI=1S/C19H24N4O4/c1-26-16-10-13(6-7-14(16)18(25)27-2)21-17-11-15(12-4-5-12)22-19(23-17)20-8-3-9-24/h6-7,10-12,24H,3-5,8-9H2,1-2H3,(H2,20,21,22,23). The molecule has 0 spiro atoms. The van der Waals surface area contributed by atoms with Crippen molar-refractivity contribution in [3.05, 3.63) is 35.5 Å². The molecular formula is C19H24N4O4. The van der Waals surface area contributed by atoms with Crippen LogP contribution in [0.3, 0.4) is 0 Å². The van der Waals surface area contributed by atoms with Crippen molar-refractivity contribution in [3.8, 4) is 5.75 Å². The van der Waals surface area contributed by atoms with Crippen molar-refractivity contribution in [2.45, 2.75) is 25.2 Å². The predicted octanol–water partition coefficient (Wildman–Crippen LogP) is 2.69. The fraction of sp³-hybridized carbons (Fsp3) is 0.421. The molecule has 1 aliphatic rings. The summed E-state index contributed by atoms with van der Waals surface area (Å²) >= 11 is 0. The molecule has 0 unspecified atom stereocenters. The summed E-state index contributed by atoms with van der Waals surface area (Å²) < 4.78 is 10.1. The molecule has 1 fully saturated rings. The second kappa shape index (κ2) is 8.68. The molecule has 8 heteroatoms. The van der Waals surface area contributed by atoms with Crippen molar-refractivity contribution in [3.63, 3.8) is 0 Å². The number of hydrogen-bond donors (Lipinski definition) is 3. The number of benzene rings is 1. The van der Waals surface area contributed by atoms with Crippen LogP contribution in [-0.4, -0.2) is 48.4 Å². The number of aromatic nitrogens is 2. The highest BCUT2D eigenvalue weighted by atomic mass is 16.5. The molecule has 1 aliphatic carbocycles. The number of hydrogen-bond acceptors (Lipinski definition) is 8. The zero-order chi connectivity index (χ0) is 19.2. The quantitative estimate of drug-likeness (QED) is 0.456. The SMILES string of the molecule is COC(=O)c1ccc(Nc2cc(C3CC3)nc(NCCCO)n2)cc1OC. The van der Waals surface area contributed by atoms with Crippen LogP contribution in [0.15, 0.2) is 24.3 Å². The van der Waals surface area contributed by atoms with Gasteiger partial charge in [0.25, 0.3) is 0 Å². The summed E-state index contributed by atoms with van der Waals surface area (Å²) in [6.07, 6.45) is 2.90. The highest BCUT2D eigenvalue weighted by Gasteiger charge is 2.26. The van der Waals surface area contributed by atoms with Crippen LogP contribution >= 0.6 is 0 Å². The summed E-state index contributed by atoms with van der Waals surface area (Å²) in [6.45, 7) is 0.721. The van der Waals surface area contributed by atoms with E-state index in [2.05, 4.69) is 20.6 Å². The van der Waals surface area contributed by atoms with Gasteiger partial charge in [-0.3, -0.25) is 0 Å². The maximum absolute atomic E-state index is 11.8. The molecule has 1 saturated carbocycles. The van der Waals surface area contributed by atoms with E-state index in [4.69, 9.17) is 14.6 Å². The summed E-state index contributed by atoms with van der Waals surface area (Å²) in [6, 6.07) is 7.09. The summed E-state index contributed by atoms with van der Waals surface area (Å²) in [5.74, 6) is 1.64. The van der Waals surface area contributed by atoms with E-state index in [1.807, 2.05) is 6.07 Å². The van der Waals surface area contributed by atoms with Crippen molar-refractivity contribution in [1.29, 1.82) is 0 Å². The van der Waals surface area contributed by atoms with Gasteiger partial charge in [0.1, 0.15) is 17.1 Å². The molecule has 0 atom stereocenters. The van der Waals surface area contributed by atoms with Gasteiger partial charge < -0.3 is 25.2 Å².